The van der Waals surface area contributed by atoms with Gasteiger partial charge in [-0.05, 0) is 104 Å². The van der Waals surface area contributed by atoms with Crippen molar-refractivity contribution >= 4 is 71.3 Å². The number of rotatable bonds is 3. The second kappa shape index (κ2) is 11.7. The fraction of sp³-hybridized carbons (Fsp3) is 0.0182. The second-order valence-corrected chi connectivity index (χ2v) is 15.6. The summed E-state index contributed by atoms with van der Waals surface area (Å²) in [5, 5.41) is 9.47. The Labute approximate surface area is 334 Å². The molecule has 1 aliphatic carbocycles. The summed E-state index contributed by atoms with van der Waals surface area (Å²) in [6.07, 6.45) is 0. The van der Waals surface area contributed by atoms with Crippen molar-refractivity contribution in [1.82, 2.24) is 0 Å². The molecule has 13 rings (SSSR count). The number of furan rings is 1. The standard InChI is InChI=1S/C55H33NO2/c1-2-14-37-31-52-44(30-36(37)13-1)42-29-27-39(33-53(42)58-52)56(49-23-11-15-34-12-3-4-18-40(34)49)38-26-28-41-43-19-9-16-35-17-10-22-47(54(35)43)55(48(41)32-38)45-20-5-7-24-50(45)57-51-25-8-6-21-46(51)55/h1-33H. The highest BCUT2D eigenvalue weighted by atomic mass is 16.5. The molecule has 0 bridgehead atoms. The molecule has 1 spiro atoms. The molecule has 3 nitrogen and oxygen atoms in total. The van der Waals surface area contributed by atoms with E-state index in [1.165, 1.54) is 54.6 Å². The van der Waals surface area contributed by atoms with Gasteiger partial charge in [-0.3, -0.25) is 0 Å². The summed E-state index contributed by atoms with van der Waals surface area (Å²) < 4.78 is 13.4. The van der Waals surface area contributed by atoms with Crippen LogP contribution in [0.15, 0.2) is 205 Å². The lowest BCUT2D eigenvalue weighted by Crippen LogP contribution is -2.36. The van der Waals surface area contributed by atoms with Crippen LogP contribution in [-0.2, 0) is 5.41 Å². The Morgan fingerprint density at radius 1 is 0.362 bits per heavy atom. The normalized spacial score (nSPS) is 13.4. The molecule has 0 radical (unpaired) electrons. The van der Waals surface area contributed by atoms with Crippen molar-refractivity contribution in [3.05, 3.63) is 222 Å². The molecule has 270 valence electrons. The SMILES string of the molecule is c1ccc2c(c1)Oc1ccccc1C21c2cc(N(c3ccc4c(c3)oc3cc5ccccc5cc34)c3cccc4ccccc34)ccc2-c2cccc3cccc1c23. The average Bonchev–Trinajstić information content (AvgIpc) is 3.63. The highest BCUT2D eigenvalue weighted by molar-refractivity contribution is 6.12. The van der Waals surface area contributed by atoms with Crippen molar-refractivity contribution in [1.29, 1.82) is 0 Å². The molecule has 0 saturated carbocycles. The molecule has 0 N–H and O–H groups in total. The first kappa shape index (κ1) is 31.6. The van der Waals surface area contributed by atoms with Gasteiger partial charge in [0.25, 0.3) is 0 Å². The summed E-state index contributed by atoms with van der Waals surface area (Å²) in [4.78, 5) is 2.41. The van der Waals surface area contributed by atoms with Crippen molar-refractivity contribution in [2.24, 2.45) is 0 Å². The summed E-state index contributed by atoms with van der Waals surface area (Å²) in [6, 6.07) is 72.7. The Morgan fingerprint density at radius 2 is 0.966 bits per heavy atom. The van der Waals surface area contributed by atoms with Gasteiger partial charge in [-0.2, -0.15) is 0 Å². The molecule has 1 aromatic heterocycles. The molecule has 2 aliphatic rings. The topological polar surface area (TPSA) is 25.6 Å². The Kier molecular flexibility index (Phi) is 6.37. The Bertz CT molecular complexity index is 3460. The molecule has 0 fully saturated rings. The van der Waals surface area contributed by atoms with Gasteiger partial charge in [0, 0.05) is 44.7 Å². The number of hydrogen-bond donors (Lipinski definition) is 0. The molecule has 1 aliphatic heterocycles. The minimum absolute atomic E-state index is 0.653. The largest absolute Gasteiger partial charge is 0.457 e. The zero-order valence-electron chi connectivity index (χ0n) is 31.3. The molecule has 0 unspecified atom stereocenters. The maximum atomic E-state index is 6.74. The Hall–Kier alpha value is -7.62. The van der Waals surface area contributed by atoms with Gasteiger partial charge in [-0.15, -0.1) is 0 Å². The first-order valence-electron chi connectivity index (χ1n) is 19.9. The molecule has 10 aromatic carbocycles. The van der Waals surface area contributed by atoms with Crippen molar-refractivity contribution in [2.75, 3.05) is 4.90 Å². The fourth-order valence-electron chi connectivity index (χ4n) is 10.2. The number of para-hydroxylation sites is 2. The molecule has 2 heterocycles. The van der Waals surface area contributed by atoms with E-state index in [0.29, 0.717) is 0 Å². The number of anilines is 3. The van der Waals surface area contributed by atoms with Crippen molar-refractivity contribution in [3.63, 3.8) is 0 Å². The van der Waals surface area contributed by atoms with Gasteiger partial charge in [0.1, 0.15) is 22.7 Å². The molecular weight excluding hydrogens is 707 g/mol. The molecule has 58 heavy (non-hydrogen) atoms. The predicted molar refractivity (Wildman–Crippen MR) is 238 cm³/mol. The molecular formula is C55H33NO2. The third kappa shape index (κ3) is 4.22. The minimum Gasteiger partial charge on any atom is -0.457 e. The van der Waals surface area contributed by atoms with Crippen LogP contribution in [0.25, 0.3) is 65.4 Å². The number of hydrogen-bond acceptors (Lipinski definition) is 3. The third-order valence-electron chi connectivity index (χ3n) is 12.7. The van der Waals surface area contributed by atoms with E-state index in [0.717, 1.165) is 61.6 Å². The first-order chi connectivity index (χ1) is 28.7. The minimum atomic E-state index is -0.653. The van der Waals surface area contributed by atoms with Crippen LogP contribution >= 0.6 is 0 Å². The highest BCUT2D eigenvalue weighted by Crippen LogP contribution is 2.61. The fourth-order valence-corrected chi connectivity index (χ4v) is 10.2. The smallest absolute Gasteiger partial charge is 0.137 e. The maximum Gasteiger partial charge on any atom is 0.137 e. The van der Waals surface area contributed by atoms with Gasteiger partial charge < -0.3 is 14.1 Å². The molecule has 3 heteroatoms. The van der Waals surface area contributed by atoms with E-state index >= 15 is 0 Å². The lowest BCUT2D eigenvalue weighted by molar-refractivity contribution is 0.435. The summed E-state index contributed by atoms with van der Waals surface area (Å²) in [6.45, 7) is 0. The highest BCUT2D eigenvalue weighted by Gasteiger charge is 2.49. The number of benzene rings is 10. The summed E-state index contributed by atoms with van der Waals surface area (Å²) in [7, 11) is 0. The van der Waals surface area contributed by atoms with Gasteiger partial charge in [-0.25, -0.2) is 0 Å². The molecule has 11 aromatic rings. The summed E-state index contributed by atoms with van der Waals surface area (Å²) in [5.74, 6) is 1.76. The third-order valence-corrected chi connectivity index (χ3v) is 12.7. The summed E-state index contributed by atoms with van der Waals surface area (Å²) >= 11 is 0. The summed E-state index contributed by atoms with van der Waals surface area (Å²) in [5.41, 5.74) is 11.5. The Morgan fingerprint density at radius 3 is 1.79 bits per heavy atom. The van der Waals surface area contributed by atoms with Gasteiger partial charge in [-0.1, -0.05) is 140 Å². The number of ether oxygens (including phenoxy) is 1. The van der Waals surface area contributed by atoms with E-state index < -0.39 is 5.41 Å². The number of nitrogens with zero attached hydrogens (tertiary/aromatic N) is 1. The molecule has 0 amide bonds. The number of fused-ring (bicyclic) bond motifs is 13. The van der Waals surface area contributed by atoms with E-state index in [-0.39, 0.29) is 0 Å². The van der Waals surface area contributed by atoms with Crippen LogP contribution < -0.4 is 9.64 Å². The zero-order chi connectivity index (χ0) is 38.0. The molecule has 0 saturated heterocycles. The van der Waals surface area contributed by atoms with E-state index in [9.17, 15) is 0 Å². The van der Waals surface area contributed by atoms with Crippen LogP contribution in [0.3, 0.4) is 0 Å². The first-order valence-corrected chi connectivity index (χ1v) is 19.9. The van der Waals surface area contributed by atoms with Crippen LogP contribution in [0.2, 0.25) is 0 Å². The van der Waals surface area contributed by atoms with Gasteiger partial charge in [0.2, 0.25) is 0 Å². The van der Waals surface area contributed by atoms with Crippen molar-refractivity contribution < 1.29 is 9.15 Å². The van der Waals surface area contributed by atoms with E-state index in [4.69, 9.17) is 9.15 Å². The van der Waals surface area contributed by atoms with E-state index in [1.54, 1.807) is 0 Å². The lowest BCUT2D eigenvalue weighted by atomic mass is 9.58. The van der Waals surface area contributed by atoms with Crippen LogP contribution in [0.5, 0.6) is 11.5 Å². The maximum absolute atomic E-state index is 6.74. The quantitative estimate of drug-likeness (QED) is 0.180. The van der Waals surface area contributed by atoms with Gasteiger partial charge in [0.15, 0.2) is 0 Å². The van der Waals surface area contributed by atoms with Gasteiger partial charge in [0.05, 0.1) is 11.1 Å². The van der Waals surface area contributed by atoms with Crippen molar-refractivity contribution in [3.8, 4) is 22.6 Å². The van der Waals surface area contributed by atoms with Crippen LogP contribution in [0, 0.1) is 0 Å². The second-order valence-electron chi connectivity index (χ2n) is 15.6. The van der Waals surface area contributed by atoms with Crippen LogP contribution in [0.4, 0.5) is 17.1 Å². The predicted octanol–water partition coefficient (Wildman–Crippen LogP) is 15.0. The van der Waals surface area contributed by atoms with Gasteiger partial charge >= 0.3 is 0 Å². The average molecular weight is 740 g/mol. The molecule has 0 atom stereocenters. The Balaban J connectivity index is 1.13. The van der Waals surface area contributed by atoms with E-state index in [2.05, 4.69) is 205 Å². The van der Waals surface area contributed by atoms with E-state index in [1.807, 2.05) is 0 Å². The zero-order valence-corrected chi connectivity index (χ0v) is 31.3. The monoisotopic (exact) mass is 739 g/mol. The lowest BCUT2D eigenvalue weighted by Gasteiger charge is -2.45. The van der Waals surface area contributed by atoms with Crippen LogP contribution in [-0.4, -0.2) is 0 Å². The van der Waals surface area contributed by atoms with Crippen molar-refractivity contribution in [2.45, 2.75) is 5.41 Å². The van der Waals surface area contributed by atoms with Crippen LogP contribution in [0.1, 0.15) is 22.3 Å².